The summed E-state index contributed by atoms with van der Waals surface area (Å²) in [6.45, 7) is 1.54. The molecule has 0 saturated carbocycles. The van der Waals surface area contributed by atoms with E-state index in [1.807, 2.05) is 0 Å². The minimum absolute atomic E-state index is 0.0380. The Hall–Kier alpha value is -2.15. The molecular formula is C14H15FN2O3S. The fourth-order valence-corrected chi connectivity index (χ4v) is 3.21. The number of aromatic nitrogens is 1. The summed E-state index contributed by atoms with van der Waals surface area (Å²) in [5.41, 5.74) is 0.338. The molecule has 21 heavy (non-hydrogen) atoms. The molecule has 0 atom stereocenters. The highest BCUT2D eigenvalue weighted by molar-refractivity contribution is 7.92. The molecule has 0 radical (unpaired) electrons. The second kappa shape index (κ2) is 5.69. The number of methoxy groups -OCH3 is 1. The van der Waals surface area contributed by atoms with Gasteiger partial charge in [-0.2, -0.15) is 4.98 Å². The minimum atomic E-state index is -3.82. The predicted octanol–water partition coefficient (Wildman–Crippen LogP) is 2.36. The number of halogens is 1. The van der Waals surface area contributed by atoms with Crippen molar-refractivity contribution in [2.45, 2.75) is 11.8 Å². The van der Waals surface area contributed by atoms with Gasteiger partial charge in [0.2, 0.25) is 5.88 Å². The van der Waals surface area contributed by atoms with Gasteiger partial charge >= 0.3 is 0 Å². The van der Waals surface area contributed by atoms with E-state index in [4.69, 9.17) is 4.74 Å². The van der Waals surface area contributed by atoms with Crippen molar-refractivity contribution >= 4 is 15.8 Å². The van der Waals surface area contributed by atoms with Gasteiger partial charge < -0.3 is 4.74 Å². The van der Waals surface area contributed by atoms with Gasteiger partial charge in [-0.15, -0.1) is 0 Å². The lowest BCUT2D eigenvalue weighted by molar-refractivity contribution is 0.398. The maximum absolute atomic E-state index is 13.1. The van der Waals surface area contributed by atoms with E-state index in [0.717, 1.165) is 10.4 Å². The molecule has 0 spiro atoms. The van der Waals surface area contributed by atoms with Crippen LogP contribution in [0.2, 0.25) is 0 Å². The largest absolute Gasteiger partial charge is 0.481 e. The van der Waals surface area contributed by atoms with E-state index < -0.39 is 15.8 Å². The second-order valence-electron chi connectivity index (χ2n) is 4.42. The molecule has 0 saturated heterocycles. The Bertz CT molecular complexity index is 763. The zero-order valence-electron chi connectivity index (χ0n) is 11.9. The van der Waals surface area contributed by atoms with Gasteiger partial charge in [0.05, 0.1) is 12.0 Å². The van der Waals surface area contributed by atoms with Crippen LogP contribution in [0.25, 0.3) is 0 Å². The first-order valence-corrected chi connectivity index (χ1v) is 7.56. The molecule has 112 valence electrons. The standard InChI is InChI=1S/C14H15FN2O3S/c1-10-9-11(15)7-8-12(10)21(18,19)17(2)13-5-4-6-14(16-13)20-3/h4-9H,1-3H3. The monoisotopic (exact) mass is 310 g/mol. The Morgan fingerprint density at radius 2 is 1.95 bits per heavy atom. The van der Waals surface area contributed by atoms with Crippen LogP contribution in [0, 0.1) is 12.7 Å². The van der Waals surface area contributed by atoms with Crippen molar-refractivity contribution in [1.82, 2.24) is 4.98 Å². The molecule has 0 aliphatic heterocycles. The van der Waals surface area contributed by atoms with Gasteiger partial charge in [0, 0.05) is 13.1 Å². The van der Waals surface area contributed by atoms with Crippen LogP contribution in [0.1, 0.15) is 5.56 Å². The molecule has 1 aromatic heterocycles. The van der Waals surface area contributed by atoms with E-state index in [0.29, 0.717) is 11.4 Å². The van der Waals surface area contributed by atoms with Gasteiger partial charge in [-0.25, -0.2) is 12.8 Å². The van der Waals surface area contributed by atoms with Crippen molar-refractivity contribution in [2.75, 3.05) is 18.5 Å². The summed E-state index contributed by atoms with van der Waals surface area (Å²) >= 11 is 0. The van der Waals surface area contributed by atoms with E-state index in [1.165, 1.54) is 26.3 Å². The summed E-state index contributed by atoms with van der Waals surface area (Å²) in [5, 5.41) is 0. The smallest absolute Gasteiger partial charge is 0.265 e. The highest BCUT2D eigenvalue weighted by Crippen LogP contribution is 2.24. The maximum atomic E-state index is 13.1. The first-order chi connectivity index (χ1) is 9.86. The van der Waals surface area contributed by atoms with E-state index in [-0.39, 0.29) is 10.7 Å². The van der Waals surface area contributed by atoms with Gasteiger partial charge in [0.25, 0.3) is 10.0 Å². The van der Waals surface area contributed by atoms with Gasteiger partial charge in [0.1, 0.15) is 11.6 Å². The number of sulfonamides is 1. The molecule has 1 heterocycles. The number of anilines is 1. The molecule has 0 aliphatic rings. The molecule has 2 aromatic rings. The Labute approximate surface area is 123 Å². The third-order valence-electron chi connectivity index (χ3n) is 3.02. The molecule has 0 unspecified atom stereocenters. The average Bonchev–Trinajstić information content (AvgIpc) is 2.46. The van der Waals surface area contributed by atoms with Gasteiger partial charge in [-0.3, -0.25) is 4.31 Å². The van der Waals surface area contributed by atoms with Crippen LogP contribution >= 0.6 is 0 Å². The fraction of sp³-hybridized carbons (Fsp3) is 0.214. The molecule has 0 aliphatic carbocycles. The normalized spacial score (nSPS) is 11.2. The number of pyridine rings is 1. The topological polar surface area (TPSA) is 59.5 Å². The summed E-state index contributed by atoms with van der Waals surface area (Å²) in [6, 6.07) is 8.36. The molecule has 5 nitrogen and oxygen atoms in total. The average molecular weight is 310 g/mol. The Balaban J connectivity index is 2.47. The lowest BCUT2D eigenvalue weighted by atomic mass is 10.2. The van der Waals surface area contributed by atoms with Crippen LogP contribution < -0.4 is 9.04 Å². The van der Waals surface area contributed by atoms with Crippen LogP contribution in [0.4, 0.5) is 10.2 Å². The van der Waals surface area contributed by atoms with E-state index in [9.17, 15) is 12.8 Å². The van der Waals surface area contributed by atoms with Gasteiger partial charge in [-0.1, -0.05) is 6.07 Å². The molecule has 1 aromatic carbocycles. The molecule has 7 heteroatoms. The number of nitrogens with zero attached hydrogens (tertiary/aromatic N) is 2. The van der Waals surface area contributed by atoms with Crippen LogP contribution in [0.3, 0.4) is 0 Å². The summed E-state index contributed by atoms with van der Waals surface area (Å²) in [7, 11) is -0.978. The lowest BCUT2D eigenvalue weighted by Gasteiger charge is -2.20. The van der Waals surface area contributed by atoms with Crippen molar-refractivity contribution in [3.8, 4) is 5.88 Å². The summed E-state index contributed by atoms with van der Waals surface area (Å²) < 4.78 is 44.3. The van der Waals surface area contributed by atoms with Crippen molar-refractivity contribution < 1.29 is 17.5 Å². The highest BCUT2D eigenvalue weighted by atomic mass is 32.2. The highest BCUT2D eigenvalue weighted by Gasteiger charge is 2.24. The summed E-state index contributed by atoms with van der Waals surface area (Å²) in [6.07, 6.45) is 0. The first kappa shape index (κ1) is 15.2. The Kier molecular flexibility index (Phi) is 4.13. The lowest BCUT2D eigenvalue weighted by Crippen LogP contribution is -2.28. The minimum Gasteiger partial charge on any atom is -0.481 e. The maximum Gasteiger partial charge on any atom is 0.265 e. The molecular weight excluding hydrogens is 295 g/mol. The third-order valence-corrected chi connectivity index (χ3v) is 4.94. The van der Waals surface area contributed by atoms with Crippen molar-refractivity contribution in [3.63, 3.8) is 0 Å². The van der Waals surface area contributed by atoms with Gasteiger partial charge in [-0.05, 0) is 36.8 Å². The SMILES string of the molecule is COc1cccc(N(C)S(=O)(=O)c2ccc(F)cc2C)n1. The molecule has 0 bridgehead atoms. The number of aryl methyl sites for hydroxylation is 1. The van der Waals surface area contributed by atoms with E-state index in [1.54, 1.807) is 25.1 Å². The molecule has 2 rings (SSSR count). The number of benzene rings is 1. The van der Waals surface area contributed by atoms with Crippen LogP contribution in [0.15, 0.2) is 41.3 Å². The number of rotatable bonds is 4. The zero-order valence-corrected chi connectivity index (χ0v) is 12.7. The number of hydrogen-bond acceptors (Lipinski definition) is 4. The quantitative estimate of drug-likeness (QED) is 0.870. The van der Waals surface area contributed by atoms with Gasteiger partial charge in [0.15, 0.2) is 0 Å². The molecule has 0 N–H and O–H groups in total. The second-order valence-corrected chi connectivity index (χ2v) is 6.36. The number of ether oxygens (including phenoxy) is 1. The summed E-state index contributed by atoms with van der Waals surface area (Å²) in [5.74, 6) is 0.0528. The first-order valence-electron chi connectivity index (χ1n) is 6.12. The van der Waals surface area contributed by atoms with Crippen molar-refractivity contribution in [1.29, 1.82) is 0 Å². The van der Waals surface area contributed by atoms with E-state index in [2.05, 4.69) is 4.98 Å². The fourth-order valence-electron chi connectivity index (χ4n) is 1.87. The van der Waals surface area contributed by atoms with Crippen molar-refractivity contribution in [2.24, 2.45) is 0 Å². The van der Waals surface area contributed by atoms with E-state index >= 15 is 0 Å². The summed E-state index contributed by atoms with van der Waals surface area (Å²) in [4.78, 5) is 4.12. The molecule has 0 amide bonds. The number of hydrogen-bond donors (Lipinski definition) is 0. The van der Waals surface area contributed by atoms with Crippen LogP contribution in [0.5, 0.6) is 5.88 Å². The predicted molar refractivity (Wildman–Crippen MR) is 77.5 cm³/mol. The zero-order chi connectivity index (χ0) is 15.6. The Morgan fingerprint density at radius 1 is 1.24 bits per heavy atom. The Morgan fingerprint density at radius 3 is 2.57 bits per heavy atom. The molecule has 0 fully saturated rings. The van der Waals surface area contributed by atoms with Crippen LogP contribution in [-0.2, 0) is 10.0 Å². The van der Waals surface area contributed by atoms with Crippen LogP contribution in [-0.4, -0.2) is 27.6 Å². The van der Waals surface area contributed by atoms with Crippen molar-refractivity contribution in [3.05, 3.63) is 47.8 Å². The third kappa shape index (κ3) is 2.97.